The maximum absolute atomic E-state index is 13.3. The summed E-state index contributed by atoms with van der Waals surface area (Å²) in [6.07, 6.45) is -0.912. The summed E-state index contributed by atoms with van der Waals surface area (Å²) in [5.41, 5.74) is -0.889. The van der Waals surface area contributed by atoms with Gasteiger partial charge in [-0.15, -0.1) is 0 Å². The van der Waals surface area contributed by atoms with Crippen molar-refractivity contribution < 1.29 is 23.1 Å². The third-order valence-electron chi connectivity index (χ3n) is 3.72. The molecule has 6 nitrogen and oxygen atoms in total. The third kappa shape index (κ3) is 3.41. The summed E-state index contributed by atoms with van der Waals surface area (Å²) in [7, 11) is 1.33. The predicted octanol–water partition coefficient (Wildman–Crippen LogP) is 1.08. The summed E-state index contributed by atoms with van der Waals surface area (Å²) in [6.45, 7) is 1.19. The number of rotatable bonds is 4. The fourth-order valence-corrected chi connectivity index (χ4v) is 2.52. The van der Waals surface area contributed by atoms with E-state index < -0.39 is 29.9 Å². The zero-order valence-corrected chi connectivity index (χ0v) is 12.2. The number of nitrogens with one attached hydrogen (secondary N) is 1. The summed E-state index contributed by atoms with van der Waals surface area (Å²) < 4.78 is 40.9. The molecule has 2 rings (SSSR count). The average molecular weight is 320 g/mol. The summed E-state index contributed by atoms with van der Waals surface area (Å²) in [4.78, 5) is 15.5. The summed E-state index contributed by atoms with van der Waals surface area (Å²) in [5, 5.41) is 11.7. The molecule has 1 atom stereocenters. The molecule has 124 valence electrons. The molecule has 1 aromatic heterocycles. The van der Waals surface area contributed by atoms with Crippen LogP contribution in [0.3, 0.4) is 0 Å². The molecule has 2 N–H and O–H groups in total. The number of imidazole rings is 1. The molecule has 0 radical (unpaired) electrons. The minimum atomic E-state index is -5.01. The van der Waals surface area contributed by atoms with Crippen LogP contribution >= 0.6 is 0 Å². The highest BCUT2D eigenvalue weighted by Gasteiger charge is 2.58. The Balaban J connectivity index is 2.13. The number of carbonyl (C=O) groups excluding carboxylic acids is 1. The monoisotopic (exact) mass is 320 g/mol. The molecular weight excluding hydrogens is 301 g/mol. The molecule has 9 heteroatoms. The van der Waals surface area contributed by atoms with Gasteiger partial charge in [-0.05, 0) is 12.8 Å². The Morgan fingerprint density at radius 2 is 2.00 bits per heavy atom. The van der Waals surface area contributed by atoms with Crippen molar-refractivity contribution in [2.75, 3.05) is 13.1 Å². The standard InChI is InChI=1S/C13H19F3N4O2/c1-19-8-5-17-11(19)12(22,13(14,15)16)9-10(21)18-20-6-3-2-4-7-20/h5,8,22H,2-4,6-7,9H2,1H3,(H,18,21). The zero-order chi connectivity index (χ0) is 16.4. The number of hydrazine groups is 1. The molecule has 0 bridgehead atoms. The van der Waals surface area contributed by atoms with Crippen LogP contribution < -0.4 is 5.43 Å². The number of aliphatic hydroxyl groups is 1. The molecule has 1 unspecified atom stereocenters. The molecule has 1 aromatic rings. The van der Waals surface area contributed by atoms with E-state index in [1.165, 1.54) is 13.2 Å². The second-order valence-electron chi connectivity index (χ2n) is 5.48. The highest BCUT2D eigenvalue weighted by atomic mass is 19.4. The lowest BCUT2D eigenvalue weighted by Gasteiger charge is -2.31. The van der Waals surface area contributed by atoms with Crippen LogP contribution in [0.5, 0.6) is 0 Å². The molecule has 2 heterocycles. The number of alkyl halides is 3. The van der Waals surface area contributed by atoms with Crippen molar-refractivity contribution in [1.29, 1.82) is 0 Å². The molecule has 1 saturated heterocycles. The number of amides is 1. The lowest BCUT2D eigenvalue weighted by Crippen LogP contribution is -2.51. The minimum Gasteiger partial charge on any atom is -0.374 e. The van der Waals surface area contributed by atoms with Gasteiger partial charge < -0.3 is 9.67 Å². The van der Waals surface area contributed by atoms with Gasteiger partial charge in [-0.3, -0.25) is 10.2 Å². The second-order valence-corrected chi connectivity index (χ2v) is 5.48. The van der Waals surface area contributed by atoms with Crippen molar-refractivity contribution in [3.05, 3.63) is 18.2 Å². The number of aryl methyl sites for hydroxylation is 1. The fraction of sp³-hybridized carbons (Fsp3) is 0.692. The number of carbonyl (C=O) groups is 1. The van der Waals surface area contributed by atoms with Gasteiger partial charge in [0.1, 0.15) is 0 Å². The third-order valence-corrected chi connectivity index (χ3v) is 3.72. The van der Waals surface area contributed by atoms with Gasteiger partial charge in [-0.2, -0.15) is 13.2 Å². The molecule has 0 saturated carbocycles. The van der Waals surface area contributed by atoms with E-state index in [1.807, 2.05) is 0 Å². The van der Waals surface area contributed by atoms with Crippen LogP contribution in [0.1, 0.15) is 31.5 Å². The molecule has 1 aliphatic rings. The van der Waals surface area contributed by atoms with E-state index in [0.29, 0.717) is 13.1 Å². The Hall–Kier alpha value is -1.61. The van der Waals surface area contributed by atoms with Gasteiger partial charge in [0, 0.05) is 32.5 Å². The van der Waals surface area contributed by atoms with E-state index in [4.69, 9.17) is 0 Å². The van der Waals surface area contributed by atoms with Gasteiger partial charge in [-0.25, -0.2) is 9.99 Å². The first-order chi connectivity index (χ1) is 10.2. The Labute approximate surface area is 125 Å². The average Bonchev–Trinajstić information content (AvgIpc) is 2.85. The highest BCUT2D eigenvalue weighted by molar-refractivity contribution is 5.76. The number of hydrogen-bond donors (Lipinski definition) is 2. The van der Waals surface area contributed by atoms with Gasteiger partial charge >= 0.3 is 6.18 Å². The normalized spacial score (nSPS) is 19.7. The van der Waals surface area contributed by atoms with Gasteiger partial charge in [0.25, 0.3) is 0 Å². The predicted molar refractivity (Wildman–Crippen MR) is 71.3 cm³/mol. The number of hydrogen-bond acceptors (Lipinski definition) is 4. The molecular formula is C13H19F3N4O2. The maximum Gasteiger partial charge on any atom is 0.425 e. The van der Waals surface area contributed by atoms with E-state index in [9.17, 15) is 23.1 Å². The van der Waals surface area contributed by atoms with Crippen LogP contribution in [-0.2, 0) is 17.4 Å². The maximum atomic E-state index is 13.3. The van der Waals surface area contributed by atoms with Crippen molar-refractivity contribution in [3.63, 3.8) is 0 Å². The molecule has 0 aromatic carbocycles. The van der Waals surface area contributed by atoms with Crippen LogP contribution in [0.25, 0.3) is 0 Å². The fourth-order valence-electron chi connectivity index (χ4n) is 2.52. The van der Waals surface area contributed by atoms with E-state index in [2.05, 4.69) is 10.4 Å². The molecule has 0 spiro atoms. The van der Waals surface area contributed by atoms with Gasteiger partial charge in [-0.1, -0.05) is 6.42 Å². The Kier molecular flexibility index (Phi) is 4.76. The van der Waals surface area contributed by atoms with Crippen molar-refractivity contribution in [1.82, 2.24) is 20.0 Å². The summed E-state index contributed by atoms with van der Waals surface area (Å²) >= 11 is 0. The van der Waals surface area contributed by atoms with Crippen molar-refractivity contribution >= 4 is 5.91 Å². The van der Waals surface area contributed by atoms with Crippen LogP contribution in [0.15, 0.2) is 12.4 Å². The number of piperidine rings is 1. The SMILES string of the molecule is Cn1ccnc1C(O)(CC(=O)NN1CCCCC1)C(F)(F)F. The lowest BCUT2D eigenvalue weighted by molar-refractivity contribution is -0.271. The van der Waals surface area contributed by atoms with Crippen LogP contribution in [-0.4, -0.2) is 44.8 Å². The van der Waals surface area contributed by atoms with E-state index in [1.54, 1.807) is 5.01 Å². The van der Waals surface area contributed by atoms with Gasteiger partial charge in [0.2, 0.25) is 11.5 Å². The van der Waals surface area contributed by atoms with Crippen molar-refractivity contribution in [2.45, 2.75) is 37.5 Å². The first kappa shape index (κ1) is 16.8. The van der Waals surface area contributed by atoms with E-state index >= 15 is 0 Å². The largest absolute Gasteiger partial charge is 0.425 e. The van der Waals surface area contributed by atoms with E-state index in [-0.39, 0.29) is 0 Å². The molecule has 1 aliphatic heterocycles. The van der Waals surface area contributed by atoms with E-state index in [0.717, 1.165) is 30.0 Å². The van der Waals surface area contributed by atoms with Crippen LogP contribution in [0, 0.1) is 0 Å². The second kappa shape index (κ2) is 6.25. The smallest absolute Gasteiger partial charge is 0.374 e. The zero-order valence-electron chi connectivity index (χ0n) is 12.2. The number of nitrogens with zero attached hydrogens (tertiary/aromatic N) is 3. The molecule has 1 amide bonds. The van der Waals surface area contributed by atoms with Gasteiger partial charge in [0.05, 0.1) is 6.42 Å². The Bertz CT molecular complexity index is 526. The summed E-state index contributed by atoms with van der Waals surface area (Å²) in [6, 6.07) is 0. The molecule has 22 heavy (non-hydrogen) atoms. The van der Waals surface area contributed by atoms with Crippen LogP contribution in [0.2, 0.25) is 0 Å². The van der Waals surface area contributed by atoms with Crippen molar-refractivity contribution in [3.8, 4) is 0 Å². The topological polar surface area (TPSA) is 70.4 Å². The number of halogens is 3. The first-order valence-electron chi connectivity index (χ1n) is 7.05. The quantitative estimate of drug-likeness (QED) is 0.871. The Morgan fingerprint density at radius 3 is 2.50 bits per heavy atom. The Morgan fingerprint density at radius 1 is 1.36 bits per heavy atom. The van der Waals surface area contributed by atoms with Crippen molar-refractivity contribution in [2.24, 2.45) is 7.05 Å². The summed E-state index contributed by atoms with van der Waals surface area (Å²) in [5.74, 6) is -1.49. The highest BCUT2D eigenvalue weighted by Crippen LogP contribution is 2.40. The molecule has 1 fully saturated rings. The lowest BCUT2D eigenvalue weighted by atomic mass is 9.97. The first-order valence-corrected chi connectivity index (χ1v) is 7.05. The minimum absolute atomic E-state index is 0.596. The molecule has 0 aliphatic carbocycles. The van der Waals surface area contributed by atoms with Gasteiger partial charge in [0.15, 0.2) is 5.82 Å². The van der Waals surface area contributed by atoms with Crippen LogP contribution in [0.4, 0.5) is 13.2 Å². The number of aromatic nitrogens is 2.